The van der Waals surface area contributed by atoms with Gasteiger partial charge < -0.3 is 20.8 Å². The number of sulfonamides is 1. The highest BCUT2D eigenvalue weighted by molar-refractivity contribution is 7.94. The number of carbonyl (C=O) groups excluding carboxylic acids is 1. The number of carbonyl (C=O) groups is 1. The fourth-order valence-electron chi connectivity index (χ4n) is 3.25. The standard InChI is InChI=1S/C21H32N4O4S/c1-6-15-10-16(13(2)3)19(17(11-15)14(4)5)24-21(26)25-30(27,28)18(12-22)20-23-8-7-9-29-20/h10-14,22-23H,6-9H2,1-5H3,(H2,24,25,26)/b20-18-,22-12?. The fraction of sp³-hybridized carbons (Fsp3) is 0.524. The maximum atomic E-state index is 12.7. The van der Waals surface area contributed by atoms with Gasteiger partial charge in [0.15, 0.2) is 4.91 Å². The highest BCUT2D eigenvalue weighted by Gasteiger charge is 2.27. The molecule has 1 saturated heterocycles. The smallest absolute Gasteiger partial charge is 0.333 e. The minimum Gasteiger partial charge on any atom is -0.478 e. The van der Waals surface area contributed by atoms with Crippen molar-refractivity contribution in [3.05, 3.63) is 39.6 Å². The van der Waals surface area contributed by atoms with E-state index in [1.54, 1.807) is 0 Å². The van der Waals surface area contributed by atoms with Crippen molar-refractivity contribution >= 4 is 28.0 Å². The van der Waals surface area contributed by atoms with E-state index in [0.717, 1.165) is 29.5 Å². The van der Waals surface area contributed by atoms with Crippen molar-refractivity contribution in [2.75, 3.05) is 18.5 Å². The van der Waals surface area contributed by atoms with Crippen LogP contribution in [0.4, 0.5) is 10.5 Å². The number of hydrogen-bond donors (Lipinski definition) is 4. The molecule has 0 aliphatic carbocycles. The van der Waals surface area contributed by atoms with Gasteiger partial charge in [-0.3, -0.25) is 0 Å². The molecule has 0 spiro atoms. The number of benzene rings is 1. The molecule has 4 N–H and O–H groups in total. The van der Waals surface area contributed by atoms with E-state index >= 15 is 0 Å². The lowest BCUT2D eigenvalue weighted by Crippen LogP contribution is -2.38. The van der Waals surface area contributed by atoms with Crippen molar-refractivity contribution < 1.29 is 17.9 Å². The molecule has 30 heavy (non-hydrogen) atoms. The van der Waals surface area contributed by atoms with Gasteiger partial charge >= 0.3 is 6.03 Å². The number of hydrogen-bond acceptors (Lipinski definition) is 6. The van der Waals surface area contributed by atoms with Crippen LogP contribution in [0.15, 0.2) is 22.9 Å². The van der Waals surface area contributed by atoms with Crippen LogP contribution in [0.5, 0.6) is 0 Å². The average molecular weight is 437 g/mol. The van der Waals surface area contributed by atoms with Crippen LogP contribution in [0.2, 0.25) is 0 Å². The Morgan fingerprint density at radius 1 is 1.23 bits per heavy atom. The Bertz CT molecular complexity index is 899. The van der Waals surface area contributed by atoms with Crippen molar-refractivity contribution in [3.8, 4) is 0 Å². The molecule has 1 fully saturated rings. The minimum absolute atomic E-state index is 0.0189. The van der Waals surface area contributed by atoms with Crippen LogP contribution < -0.4 is 15.4 Å². The Morgan fingerprint density at radius 2 is 1.83 bits per heavy atom. The number of urea groups is 1. The predicted molar refractivity (Wildman–Crippen MR) is 119 cm³/mol. The van der Waals surface area contributed by atoms with Crippen molar-refractivity contribution in [2.45, 2.75) is 59.3 Å². The quantitative estimate of drug-likeness (QED) is 0.485. The van der Waals surface area contributed by atoms with Gasteiger partial charge in [0.1, 0.15) is 0 Å². The third kappa shape index (κ3) is 5.53. The Balaban J connectivity index is 2.36. The summed E-state index contributed by atoms with van der Waals surface area (Å²) in [5.41, 5.74) is 3.69. The average Bonchev–Trinajstić information content (AvgIpc) is 2.68. The van der Waals surface area contributed by atoms with Crippen molar-refractivity contribution in [2.24, 2.45) is 0 Å². The third-order valence-electron chi connectivity index (χ3n) is 4.87. The summed E-state index contributed by atoms with van der Waals surface area (Å²) in [7, 11) is -4.28. The monoisotopic (exact) mass is 436 g/mol. The molecule has 0 bridgehead atoms. The fourth-order valence-corrected chi connectivity index (χ4v) is 4.19. The van der Waals surface area contributed by atoms with Gasteiger partial charge in [0, 0.05) is 18.4 Å². The molecule has 1 aromatic rings. The number of allylic oxidation sites excluding steroid dienone is 1. The van der Waals surface area contributed by atoms with Crippen LogP contribution in [0, 0.1) is 5.41 Å². The van der Waals surface area contributed by atoms with E-state index in [2.05, 4.69) is 17.6 Å². The largest absolute Gasteiger partial charge is 0.478 e. The second-order valence-electron chi connectivity index (χ2n) is 7.84. The number of anilines is 1. The molecule has 0 aromatic heterocycles. The summed E-state index contributed by atoms with van der Waals surface area (Å²) in [6.45, 7) is 11.1. The molecular formula is C21H32N4O4S. The molecule has 8 nitrogen and oxygen atoms in total. The zero-order valence-electron chi connectivity index (χ0n) is 18.3. The SMILES string of the molecule is CCc1cc(C(C)C)c(NC(=O)NS(=O)(=O)/C(C=N)=C2/NCCCO2)c(C(C)C)c1. The second-order valence-corrected chi connectivity index (χ2v) is 9.49. The number of nitrogens with one attached hydrogen (secondary N) is 4. The molecule has 1 aliphatic rings. The Labute approximate surface area is 179 Å². The van der Waals surface area contributed by atoms with E-state index < -0.39 is 21.0 Å². The van der Waals surface area contributed by atoms with Gasteiger partial charge in [0.2, 0.25) is 5.88 Å². The molecule has 1 heterocycles. The minimum atomic E-state index is -4.28. The Hall–Kier alpha value is -2.55. The van der Waals surface area contributed by atoms with E-state index in [0.29, 0.717) is 25.1 Å². The summed E-state index contributed by atoms with van der Waals surface area (Å²) in [6, 6.07) is 3.22. The maximum Gasteiger partial charge on any atom is 0.333 e. The lowest BCUT2D eigenvalue weighted by atomic mass is 9.89. The van der Waals surface area contributed by atoms with E-state index in [9.17, 15) is 13.2 Å². The van der Waals surface area contributed by atoms with Crippen LogP contribution in [0.3, 0.4) is 0 Å². The first kappa shape index (κ1) is 23.7. The molecule has 1 aromatic carbocycles. The number of aryl methyl sites for hydroxylation is 1. The van der Waals surface area contributed by atoms with E-state index in [-0.39, 0.29) is 17.7 Å². The van der Waals surface area contributed by atoms with Crippen LogP contribution in [-0.4, -0.2) is 33.8 Å². The van der Waals surface area contributed by atoms with E-state index in [4.69, 9.17) is 10.1 Å². The lowest BCUT2D eigenvalue weighted by molar-refractivity contribution is 0.157. The molecule has 1 aliphatic heterocycles. The summed E-state index contributed by atoms with van der Waals surface area (Å²) in [5.74, 6) is 0.259. The summed E-state index contributed by atoms with van der Waals surface area (Å²) in [6.07, 6.45) is 2.26. The zero-order chi connectivity index (χ0) is 22.5. The first-order valence-corrected chi connectivity index (χ1v) is 11.7. The number of ether oxygens (including phenoxy) is 1. The van der Waals surface area contributed by atoms with Gasteiger partial charge in [0.25, 0.3) is 10.0 Å². The summed E-state index contributed by atoms with van der Waals surface area (Å²) >= 11 is 0. The van der Waals surface area contributed by atoms with E-state index in [1.165, 1.54) is 0 Å². The van der Waals surface area contributed by atoms with Gasteiger partial charge in [-0.05, 0) is 41.4 Å². The summed E-state index contributed by atoms with van der Waals surface area (Å²) in [5, 5.41) is 13.0. The maximum absolute atomic E-state index is 12.7. The van der Waals surface area contributed by atoms with Crippen molar-refractivity contribution in [3.63, 3.8) is 0 Å². The van der Waals surface area contributed by atoms with Gasteiger partial charge in [-0.15, -0.1) is 0 Å². The molecule has 0 saturated carbocycles. The van der Waals surface area contributed by atoms with Gasteiger partial charge in [-0.2, -0.15) is 0 Å². The summed E-state index contributed by atoms with van der Waals surface area (Å²) < 4.78 is 32.7. The summed E-state index contributed by atoms with van der Waals surface area (Å²) in [4.78, 5) is 12.3. The lowest BCUT2D eigenvalue weighted by Gasteiger charge is -2.23. The first-order chi connectivity index (χ1) is 14.1. The molecule has 0 unspecified atom stereocenters. The normalized spacial score (nSPS) is 16.0. The molecule has 0 atom stereocenters. The Kier molecular flexibility index (Phi) is 7.89. The van der Waals surface area contributed by atoms with Crippen molar-refractivity contribution in [1.29, 1.82) is 5.41 Å². The van der Waals surface area contributed by atoms with Gasteiger partial charge in [-0.25, -0.2) is 17.9 Å². The Morgan fingerprint density at radius 3 is 2.27 bits per heavy atom. The zero-order valence-corrected chi connectivity index (χ0v) is 19.1. The van der Waals surface area contributed by atoms with Gasteiger partial charge in [0.05, 0.1) is 6.61 Å². The molecule has 2 rings (SSSR count). The molecular weight excluding hydrogens is 404 g/mol. The van der Waals surface area contributed by atoms with Crippen molar-refractivity contribution in [1.82, 2.24) is 10.0 Å². The molecule has 0 radical (unpaired) electrons. The highest BCUT2D eigenvalue weighted by atomic mass is 32.2. The van der Waals surface area contributed by atoms with E-state index in [1.807, 2.05) is 44.5 Å². The molecule has 166 valence electrons. The van der Waals surface area contributed by atoms with Crippen LogP contribution in [0.1, 0.15) is 69.6 Å². The molecule has 2 amide bonds. The van der Waals surface area contributed by atoms with Crippen LogP contribution in [-0.2, 0) is 21.2 Å². The second kappa shape index (κ2) is 9.97. The first-order valence-electron chi connectivity index (χ1n) is 10.2. The highest BCUT2D eigenvalue weighted by Crippen LogP contribution is 2.34. The van der Waals surface area contributed by atoms with Crippen LogP contribution in [0.25, 0.3) is 0 Å². The third-order valence-corrected chi connectivity index (χ3v) is 6.21. The van der Waals surface area contributed by atoms with Crippen LogP contribution >= 0.6 is 0 Å². The molecule has 9 heteroatoms. The van der Waals surface area contributed by atoms with Gasteiger partial charge in [-0.1, -0.05) is 46.8 Å². The topological polar surface area (TPSA) is 120 Å². The predicted octanol–water partition coefficient (Wildman–Crippen LogP) is 3.78. The number of rotatable bonds is 7. The number of amides is 2.